The van der Waals surface area contributed by atoms with Gasteiger partial charge in [0, 0.05) is 6.54 Å². The maximum Gasteiger partial charge on any atom is 0.184 e. The minimum atomic E-state index is 0.826. The van der Waals surface area contributed by atoms with Crippen molar-refractivity contribution in [1.82, 2.24) is 4.98 Å². The van der Waals surface area contributed by atoms with E-state index in [1.165, 1.54) is 11.1 Å². The van der Waals surface area contributed by atoms with Crippen molar-refractivity contribution in [1.29, 1.82) is 0 Å². The van der Waals surface area contributed by atoms with Crippen molar-refractivity contribution in [3.05, 3.63) is 40.1 Å². The van der Waals surface area contributed by atoms with Crippen molar-refractivity contribution in [3.8, 4) is 5.75 Å². The number of hydrogen-bond donors (Lipinski definition) is 1. The van der Waals surface area contributed by atoms with Gasteiger partial charge in [0.05, 0.1) is 17.3 Å². The van der Waals surface area contributed by atoms with Gasteiger partial charge in [-0.25, -0.2) is 4.98 Å². The molecular formula is C14H14N2OS2. The van der Waals surface area contributed by atoms with Crippen LogP contribution in [0, 0.1) is 6.92 Å². The van der Waals surface area contributed by atoms with E-state index in [0.29, 0.717) is 0 Å². The number of methoxy groups -OCH3 is 1. The van der Waals surface area contributed by atoms with E-state index >= 15 is 0 Å². The van der Waals surface area contributed by atoms with Gasteiger partial charge in [-0.3, -0.25) is 0 Å². The molecule has 0 aliphatic rings. The van der Waals surface area contributed by atoms with E-state index < -0.39 is 0 Å². The lowest BCUT2D eigenvalue weighted by Crippen LogP contribution is -1.98. The molecule has 19 heavy (non-hydrogen) atoms. The number of ether oxygens (including phenoxy) is 1. The highest BCUT2D eigenvalue weighted by molar-refractivity contribution is 7.22. The molecule has 3 rings (SSSR count). The number of rotatable bonds is 4. The van der Waals surface area contributed by atoms with Crippen molar-refractivity contribution in [2.75, 3.05) is 12.4 Å². The van der Waals surface area contributed by atoms with Gasteiger partial charge in [0.2, 0.25) is 0 Å². The summed E-state index contributed by atoms with van der Waals surface area (Å²) in [6, 6.07) is 5.95. The molecule has 0 saturated carbocycles. The first kappa shape index (κ1) is 12.4. The summed E-state index contributed by atoms with van der Waals surface area (Å²) in [5.74, 6) is 0.872. The fourth-order valence-electron chi connectivity index (χ4n) is 1.85. The lowest BCUT2D eigenvalue weighted by molar-refractivity contribution is 0.415. The van der Waals surface area contributed by atoms with Gasteiger partial charge in [0.1, 0.15) is 5.75 Å². The highest BCUT2D eigenvalue weighted by atomic mass is 32.1. The van der Waals surface area contributed by atoms with Crippen LogP contribution in [0.3, 0.4) is 0 Å². The fraction of sp³-hybridized carbons (Fsp3) is 0.214. The number of thiazole rings is 1. The quantitative estimate of drug-likeness (QED) is 0.778. The third-order valence-electron chi connectivity index (χ3n) is 2.99. The Kier molecular flexibility index (Phi) is 3.40. The van der Waals surface area contributed by atoms with Crippen LogP contribution in [0.15, 0.2) is 29.0 Å². The molecule has 0 spiro atoms. The average Bonchev–Trinajstić information content (AvgIpc) is 3.01. The molecule has 3 aromatic rings. The summed E-state index contributed by atoms with van der Waals surface area (Å²) < 4.78 is 6.37. The Labute approximate surface area is 119 Å². The molecule has 0 aliphatic carbocycles. The van der Waals surface area contributed by atoms with Gasteiger partial charge in [0.25, 0.3) is 0 Å². The van der Waals surface area contributed by atoms with E-state index in [2.05, 4.69) is 28.0 Å². The summed E-state index contributed by atoms with van der Waals surface area (Å²) in [6.07, 6.45) is 0. The molecule has 1 N–H and O–H groups in total. The van der Waals surface area contributed by atoms with Crippen molar-refractivity contribution in [3.63, 3.8) is 0 Å². The molecule has 0 radical (unpaired) electrons. The van der Waals surface area contributed by atoms with Crippen LogP contribution in [-0.2, 0) is 6.54 Å². The topological polar surface area (TPSA) is 34.1 Å². The number of benzene rings is 1. The smallest absolute Gasteiger partial charge is 0.184 e. The lowest BCUT2D eigenvalue weighted by Gasteiger charge is -2.00. The summed E-state index contributed by atoms with van der Waals surface area (Å²) in [5.41, 5.74) is 3.68. The molecule has 0 atom stereocenters. The van der Waals surface area contributed by atoms with Gasteiger partial charge in [0.15, 0.2) is 5.13 Å². The Morgan fingerprint density at radius 1 is 1.32 bits per heavy atom. The van der Waals surface area contributed by atoms with Gasteiger partial charge in [-0.1, -0.05) is 11.3 Å². The number of hydrogen-bond acceptors (Lipinski definition) is 5. The number of nitrogens with zero attached hydrogens (tertiary/aromatic N) is 1. The third kappa shape index (κ3) is 2.57. The minimum Gasteiger partial charge on any atom is -0.497 e. The molecule has 5 heteroatoms. The van der Waals surface area contributed by atoms with E-state index in [9.17, 15) is 0 Å². The lowest BCUT2D eigenvalue weighted by atomic mass is 10.2. The first-order valence-corrected chi connectivity index (χ1v) is 7.72. The van der Waals surface area contributed by atoms with Crippen LogP contribution in [0.25, 0.3) is 10.2 Å². The number of aromatic nitrogens is 1. The molecule has 98 valence electrons. The zero-order chi connectivity index (χ0) is 13.2. The van der Waals surface area contributed by atoms with E-state index in [0.717, 1.165) is 27.6 Å². The molecule has 3 nitrogen and oxygen atoms in total. The Balaban J connectivity index is 1.80. The summed E-state index contributed by atoms with van der Waals surface area (Å²) >= 11 is 3.39. The van der Waals surface area contributed by atoms with Gasteiger partial charge in [-0.05, 0) is 47.0 Å². The SMILES string of the molecule is COc1ccc2nc(NCc3cscc3C)sc2c1. The summed E-state index contributed by atoms with van der Waals surface area (Å²) in [6.45, 7) is 2.96. The normalized spacial score (nSPS) is 10.8. The van der Waals surface area contributed by atoms with Crippen molar-refractivity contribution in [2.45, 2.75) is 13.5 Å². The Hall–Kier alpha value is -1.59. The van der Waals surface area contributed by atoms with Crippen LogP contribution in [0.2, 0.25) is 0 Å². The maximum absolute atomic E-state index is 5.23. The zero-order valence-electron chi connectivity index (χ0n) is 10.8. The van der Waals surface area contributed by atoms with E-state index in [1.807, 2.05) is 18.2 Å². The largest absolute Gasteiger partial charge is 0.497 e. The van der Waals surface area contributed by atoms with Crippen molar-refractivity contribution >= 4 is 38.0 Å². The zero-order valence-corrected chi connectivity index (χ0v) is 12.4. The summed E-state index contributed by atoms with van der Waals surface area (Å²) in [5, 5.41) is 8.69. The molecule has 2 aromatic heterocycles. The van der Waals surface area contributed by atoms with Crippen LogP contribution in [-0.4, -0.2) is 12.1 Å². The van der Waals surface area contributed by atoms with Crippen LogP contribution in [0.5, 0.6) is 5.75 Å². The van der Waals surface area contributed by atoms with Crippen LogP contribution < -0.4 is 10.1 Å². The highest BCUT2D eigenvalue weighted by Crippen LogP contribution is 2.29. The van der Waals surface area contributed by atoms with Gasteiger partial charge in [-0.15, -0.1) is 0 Å². The Bertz CT molecular complexity index is 702. The summed E-state index contributed by atoms with van der Waals surface area (Å²) in [7, 11) is 1.68. The monoisotopic (exact) mass is 290 g/mol. The fourth-order valence-corrected chi connectivity index (χ4v) is 3.59. The van der Waals surface area contributed by atoms with E-state index in [1.54, 1.807) is 29.8 Å². The predicted molar refractivity (Wildman–Crippen MR) is 82.6 cm³/mol. The van der Waals surface area contributed by atoms with Crippen molar-refractivity contribution in [2.24, 2.45) is 0 Å². The average molecular weight is 290 g/mol. The standard InChI is InChI=1S/C14H14N2OS2/c1-9-7-18-8-10(9)6-15-14-16-12-4-3-11(17-2)5-13(12)19-14/h3-5,7-8H,6H2,1-2H3,(H,15,16). The van der Waals surface area contributed by atoms with Gasteiger partial charge < -0.3 is 10.1 Å². The number of nitrogens with one attached hydrogen (secondary N) is 1. The Morgan fingerprint density at radius 3 is 2.95 bits per heavy atom. The van der Waals surface area contributed by atoms with Crippen LogP contribution >= 0.6 is 22.7 Å². The van der Waals surface area contributed by atoms with Crippen LogP contribution in [0.1, 0.15) is 11.1 Å². The molecule has 0 amide bonds. The predicted octanol–water partition coefficient (Wildman–Crippen LogP) is 4.29. The molecule has 0 saturated heterocycles. The molecule has 0 bridgehead atoms. The molecular weight excluding hydrogens is 276 g/mol. The molecule has 0 aliphatic heterocycles. The molecule has 2 heterocycles. The third-order valence-corrected chi connectivity index (χ3v) is 4.87. The second kappa shape index (κ2) is 5.19. The molecule has 1 aromatic carbocycles. The second-order valence-corrected chi connectivity index (χ2v) is 6.06. The molecule has 0 unspecified atom stereocenters. The number of fused-ring (bicyclic) bond motifs is 1. The first-order chi connectivity index (χ1) is 9.26. The number of aryl methyl sites for hydroxylation is 1. The maximum atomic E-state index is 5.23. The number of anilines is 1. The molecule has 0 fully saturated rings. The summed E-state index contributed by atoms with van der Waals surface area (Å²) in [4.78, 5) is 4.57. The van der Waals surface area contributed by atoms with Gasteiger partial charge >= 0.3 is 0 Å². The van der Waals surface area contributed by atoms with E-state index in [-0.39, 0.29) is 0 Å². The van der Waals surface area contributed by atoms with Gasteiger partial charge in [-0.2, -0.15) is 11.3 Å². The first-order valence-electron chi connectivity index (χ1n) is 5.96. The van der Waals surface area contributed by atoms with E-state index in [4.69, 9.17) is 4.74 Å². The Morgan fingerprint density at radius 2 is 2.21 bits per heavy atom. The van der Waals surface area contributed by atoms with Crippen molar-refractivity contribution < 1.29 is 4.74 Å². The number of thiophene rings is 1. The van der Waals surface area contributed by atoms with Crippen LogP contribution in [0.4, 0.5) is 5.13 Å². The minimum absolute atomic E-state index is 0.826. The second-order valence-electron chi connectivity index (χ2n) is 4.29. The highest BCUT2D eigenvalue weighted by Gasteiger charge is 2.06.